The summed E-state index contributed by atoms with van der Waals surface area (Å²) in [6.07, 6.45) is 4.26. The average molecular weight is 433 g/mol. The molecule has 0 aliphatic rings. The average Bonchev–Trinajstić information content (AvgIpc) is 3.16. The minimum Gasteiger partial charge on any atom is -0.462 e. The molecule has 2 aromatic carbocycles. The van der Waals surface area contributed by atoms with E-state index in [-0.39, 0.29) is 17.7 Å². The number of esters is 1. The largest absolute Gasteiger partial charge is 0.462 e. The van der Waals surface area contributed by atoms with E-state index in [9.17, 15) is 9.59 Å². The number of aromatic nitrogens is 1. The number of benzene rings is 2. The lowest BCUT2D eigenvalue weighted by atomic mass is 10.0. The number of nitrogens with two attached hydrogens (primary N) is 1. The molecule has 0 fully saturated rings. The minimum absolute atomic E-state index is 0.0171. The van der Waals surface area contributed by atoms with E-state index >= 15 is 0 Å². The molecule has 0 saturated heterocycles. The van der Waals surface area contributed by atoms with Crippen molar-refractivity contribution in [3.8, 4) is 0 Å². The number of carbonyl (C=O) groups excluding carboxylic acids is 2. The van der Waals surface area contributed by atoms with Gasteiger partial charge in [0.2, 0.25) is 0 Å². The number of nitrogen functional groups attached to an aromatic ring is 1. The summed E-state index contributed by atoms with van der Waals surface area (Å²) in [6, 6.07) is 14.9. The van der Waals surface area contributed by atoms with Crippen molar-refractivity contribution in [2.75, 3.05) is 20.7 Å². The Kier molecular flexibility index (Phi) is 7.10. The van der Waals surface area contributed by atoms with Gasteiger partial charge in [0.25, 0.3) is 5.91 Å². The number of rotatable bonds is 8. The second kappa shape index (κ2) is 9.96. The zero-order chi connectivity index (χ0) is 23.3. The van der Waals surface area contributed by atoms with Crippen molar-refractivity contribution in [3.63, 3.8) is 0 Å². The Bertz CT molecular complexity index is 1130. The Morgan fingerprint density at radius 1 is 1.03 bits per heavy atom. The van der Waals surface area contributed by atoms with Crippen molar-refractivity contribution < 1.29 is 14.3 Å². The molecule has 3 rings (SSSR count). The van der Waals surface area contributed by atoms with Gasteiger partial charge in [0.1, 0.15) is 5.84 Å². The van der Waals surface area contributed by atoms with Gasteiger partial charge in [0.15, 0.2) is 0 Å². The van der Waals surface area contributed by atoms with E-state index in [2.05, 4.69) is 0 Å². The molecule has 3 N–H and O–H groups in total. The Morgan fingerprint density at radius 3 is 2.38 bits per heavy atom. The van der Waals surface area contributed by atoms with E-state index < -0.39 is 0 Å². The molecule has 166 valence electrons. The fourth-order valence-corrected chi connectivity index (χ4v) is 3.47. The Labute approximate surface area is 187 Å². The molecule has 3 aromatic rings. The van der Waals surface area contributed by atoms with Crippen LogP contribution in [-0.4, -0.2) is 47.9 Å². The Hall–Kier alpha value is -3.87. The first-order chi connectivity index (χ1) is 15.3. The van der Waals surface area contributed by atoms with Gasteiger partial charge in [-0.2, -0.15) is 0 Å². The molecule has 0 atom stereocenters. The van der Waals surface area contributed by atoms with Crippen molar-refractivity contribution in [2.24, 2.45) is 5.73 Å². The summed E-state index contributed by atoms with van der Waals surface area (Å²) in [5, 5.41) is 7.63. The summed E-state index contributed by atoms with van der Waals surface area (Å²) in [4.78, 5) is 26.2. The SMILES string of the molecule is CCOC(=O)c1cn(Cc2cccc(C(=N)N)c2)cc1Cc1ccc(C(=O)N(C)C)cc1. The first kappa shape index (κ1) is 22.8. The van der Waals surface area contributed by atoms with Gasteiger partial charge < -0.3 is 19.9 Å². The lowest BCUT2D eigenvalue weighted by molar-refractivity contribution is 0.0525. The van der Waals surface area contributed by atoms with Crippen LogP contribution in [0.3, 0.4) is 0 Å². The first-order valence-corrected chi connectivity index (χ1v) is 10.4. The van der Waals surface area contributed by atoms with Gasteiger partial charge in [0.05, 0.1) is 12.2 Å². The van der Waals surface area contributed by atoms with Crippen molar-refractivity contribution in [3.05, 3.63) is 94.3 Å². The first-order valence-electron chi connectivity index (χ1n) is 10.4. The highest BCUT2D eigenvalue weighted by atomic mass is 16.5. The smallest absolute Gasteiger partial charge is 0.339 e. The highest BCUT2D eigenvalue weighted by molar-refractivity contribution is 5.95. The molecule has 1 amide bonds. The molecule has 1 heterocycles. The van der Waals surface area contributed by atoms with Crippen molar-refractivity contribution in [2.45, 2.75) is 19.9 Å². The number of amidine groups is 1. The molecule has 0 saturated carbocycles. The van der Waals surface area contributed by atoms with Crippen molar-refractivity contribution in [1.29, 1.82) is 5.41 Å². The van der Waals surface area contributed by atoms with Crippen LogP contribution in [0.5, 0.6) is 0 Å². The summed E-state index contributed by atoms with van der Waals surface area (Å²) in [5.41, 5.74) is 10.2. The molecule has 0 spiro atoms. The number of ether oxygens (including phenoxy) is 1. The van der Waals surface area contributed by atoms with Gasteiger partial charge in [-0.25, -0.2) is 4.79 Å². The van der Waals surface area contributed by atoms with Crippen molar-refractivity contribution in [1.82, 2.24) is 9.47 Å². The molecular formula is C25H28N4O3. The quantitative estimate of drug-likeness (QED) is 0.324. The predicted octanol–water partition coefficient (Wildman–Crippen LogP) is 3.29. The van der Waals surface area contributed by atoms with Gasteiger partial charge in [-0.1, -0.05) is 30.3 Å². The summed E-state index contributed by atoms with van der Waals surface area (Å²) >= 11 is 0. The highest BCUT2D eigenvalue weighted by Gasteiger charge is 2.17. The molecule has 7 heteroatoms. The molecule has 0 unspecified atom stereocenters. The predicted molar refractivity (Wildman–Crippen MR) is 124 cm³/mol. The topological polar surface area (TPSA) is 101 Å². The lowest BCUT2D eigenvalue weighted by Crippen LogP contribution is -2.21. The van der Waals surface area contributed by atoms with Crippen LogP contribution in [0, 0.1) is 5.41 Å². The van der Waals surface area contributed by atoms with Crippen molar-refractivity contribution >= 4 is 17.7 Å². The number of amides is 1. The van der Waals surface area contributed by atoms with Gasteiger partial charge in [0, 0.05) is 44.2 Å². The molecular weight excluding hydrogens is 404 g/mol. The molecule has 1 aromatic heterocycles. The lowest BCUT2D eigenvalue weighted by Gasteiger charge is -2.10. The summed E-state index contributed by atoms with van der Waals surface area (Å²) in [5.74, 6) is -0.399. The molecule has 0 aliphatic carbocycles. The van der Waals surface area contributed by atoms with Crippen LogP contribution in [-0.2, 0) is 17.7 Å². The van der Waals surface area contributed by atoms with Gasteiger partial charge in [-0.05, 0) is 48.2 Å². The normalized spacial score (nSPS) is 10.6. The van der Waals surface area contributed by atoms with Crippen LogP contribution >= 0.6 is 0 Å². The van der Waals surface area contributed by atoms with Gasteiger partial charge in [-0.3, -0.25) is 10.2 Å². The molecule has 32 heavy (non-hydrogen) atoms. The van der Waals surface area contributed by atoms with E-state index in [1.807, 2.05) is 41.1 Å². The maximum absolute atomic E-state index is 12.6. The zero-order valence-corrected chi connectivity index (χ0v) is 18.6. The minimum atomic E-state index is -0.363. The fourth-order valence-electron chi connectivity index (χ4n) is 3.47. The second-order valence-electron chi connectivity index (χ2n) is 7.78. The van der Waals surface area contributed by atoms with E-state index in [1.54, 1.807) is 45.4 Å². The van der Waals surface area contributed by atoms with E-state index in [0.717, 1.165) is 16.7 Å². The molecule has 7 nitrogen and oxygen atoms in total. The number of nitrogens with zero attached hydrogens (tertiary/aromatic N) is 2. The molecule has 0 bridgehead atoms. The second-order valence-corrected chi connectivity index (χ2v) is 7.78. The van der Waals surface area contributed by atoms with Crippen LogP contribution in [0.4, 0.5) is 0 Å². The number of hydrogen-bond acceptors (Lipinski definition) is 4. The van der Waals surface area contributed by atoms with E-state index in [4.69, 9.17) is 15.9 Å². The fraction of sp³-hybridized carbons (Fsp3) is 0.240. The Balaban J connectivity index is 1.87. The third-order valence-corrected chi connectivity index (χ3v) is 5.06. The van der Waals surface area contributed by atoms with Crippen LogP contribution in [0.15, 0.2) is 60.9 Å². The maximum atomic E-state index is 12.6. The summed E-state index contributed by atoms with van der Waals surface area (Å²) < 4.78 is 7.19. The number of nitrogens with one attached hydrogen (secondary N) is 1. The zero-order valence-electron chi connectivity index (χ0n) is 18.6. The summed E-state index contributed by atoms with van der Waals surface area (Å²) in [7, 11) is 3.44. The molecule has 0 radical (unpaired) electrons. The van der Waals surface area contributed by atoms with Crippen LogP contribution in [0.25, 0.3) is 0 Å². The third kappa shape index (κ3) is 5.43. The summed E-state index contributed by atoms with van der Waals surface area (Å²) in [6.45, 7) is 2.61. The standard InChI is InChI=1S/C25H28N4O3/c1-4-32-25(31)22-16-29(14-18-6-5-7-20(13-18)23(26)27)15-21(22)12-17-8-10-19(11-9-17)24(30)28(2)3/h5-11,13,15-16H,4,12,14H2,1-3H3,(H3,26,27). The van der Waals surface area contributed by atoms with Crippen LogP contribution in [0.2, 0.25) is 0 Å². The monoisotopic (exact) mass is 432 g/mol. The molecule has 0 aliphatic heterocycles. The number of carbonyl (C=O) groups is 2. The Morgan fingerprint density at radius 2 is 1.75 bits per heavy atom. The number of hydrogen-bond donors (Lipinski definition) is 2. The third-order valence-electron chi connectivity index (χ3n) is 5.06. The van der Waals surface area contributed by atoms with Crippen LogP contribution < -0.4 is 5.73 Å². The maximum Gasteiger partial charge on any atom is 0.339 e. The van der Waals surface area contributed by atoms with E-state index in [0.29, 0.717) is 36.3 Å². The van der Waals surface area contributed by atoms with Gasteiger partial charge in [-0.15, -0.1) is 0 Å². The van der Waals surface area contributed by atoms with Gasteiger partial charge >= 0.3 is 5.97 Å². The van der Waals surface area contributed by atoms with E-state index in [1.165, 1.54) is 4.90 Å². The van der Waals surface area contributed by atoms with Crippen LogP contribution in [0.1, 0.15) is 49.9 Å². The highest BCUT2D eigenvalue weighted by Crippen LogP contribution is 2.19.